The van der Waals surface area contributed by atoms with Crippen LogP contribution in [0.5, 0.6) is 0 Å². The lowest BCUT2D eigenvalue weighted by molar-refractivity contribution is 0.670. The van der Waals surface area contributed by atoms with Crippen molar-refractivity contribution in [3.63, 3.8) is 0 Å². The molecule has 0 N–H and O–H groups in total. The number of nitrogens with zero attached hydrogens (tertiary/aromatic N) is 3. The maximum absolute atomic E-state index is 6.43. The third kappa shape index (κ3) is 4.45. The summed E-state index contributed by atoms with van der Waals surface area (Å²) in [6.45, 7) is 2.26. The van der Waals surface area contributed by atoms with E-state index in [0.717, 1.165) is 78.2 Å². The number of benzene rings is 6. The minimum absolute atomic E-state index is 0.423. The van der Waals surface area contributed by atoms with E-state index >= 15 is 0 Å². The van der Waals surface area contributed by atoms with Gasteiger partial charge in [0, 0.05) is 38.2 Å². The first kappa shape index (κ1) is 27.8. The van der Waals surface area contributed by atoms with Crippen LogP contribution in [0.2, 0.25) is 0 Å². The number of para-hydroxylation sites is 3. The molecule has 49 heavy (non-hydrogen) atoms. The van der Waals surface area contributed by atoms with E-state index in [-0.39, 0.29) is 0 Å². The number of furan rings is 1. The molecule has 0 bridgehead atoms. The van der Waals surface area contributed by atoms with Crippen molar-refractivity contribution in [1.82, 2.24) is 14.5 Å². The van der Waals surface area contributed by atoms with E-state index < -0.39 is 0 Å². The number of allylic oxidation sites excluding steroid dienone is 1. The summed E-state index contributed by atoms with van der Waals surface area (Å²) < 4.78 is 8.65. The van der Waals surface area contributed by atoms with Gasteiger partial charge < -0.3 is 4.42 Å². The van der Waals surface area contributed by atoms with Crippen LogP contribution in [0.25, 0.3) is 89.3 Å². The van der Waals surface area contributed by atoms with Gasteiger partial charge in [-0.3, -0.25) is 4.57 Å². The molecule has 1 aliphatic carbocycles. The molecule has 6 aromatic carbocycles. The van der Waals surface area contributed by atoms with Gasteiger partial charge in [0.05, 0.1) is 22.4 Å². The Morgan fingerprint density at radius 3 is 2.16 bits per heavy atom. The van der Waals surface area contributed by atoms with E-state index in [1.54, 1.807) is 0 Å². The van der Waals surface area contributed by atoms with Gasteiger partial charge in [0.1, 0.15) is 11.2 Å². The molecule has 1 unspecified atom stereocenters. The fourth-order valence-corrected chi connectivity index (χ4v) is 7.59. The summed E-state index contributed by atoms with van der Waals surface area (Å²) in [5, 5.41) is 4.58. The average Bonchev–Trinajstić information content (AvgIpc) is 3.71. The van der Waals surface area contributed by atoms with Gasteiger partial charge in [-0.25, -0.2) is 9.97 Å². The van der Waals surface area contributed by atoms with Crippen LogP contribution in [0.15, 0.2) is 150 Å². The van der Waals surface area contributed by atoms with Crippen LogP contribution in [0, 0.1) is 5.92 Å². The predicted molar refractivity (Wildman–Crippen MR) is 202 cm³/mol. The number of hydrogen-bond donors (Lipinski definition) is 0. The molecule has 4 nitrogen and oxygen atoms in total. The van der Waals surface area contributed by atoms with Gasteiger partial charge in [-0.15, -0.1) is 0 Å². The van der Waals surface area contributed by atoms with Gasteiger partial charge in [-0.05, 0) is 59.4 Å². The number of hydrogen-bond acceptors (Lipinski definition) is 3. The second kappa shape index (κ2) is 10.9. The van der Waals surface area contributed by atoms with Crippen LogP contribution in [-0.4, -0.2) is 14.5 Å². The highest BCUT2D eigenvalue weighted by Gasteiger charge is 2.23. The Kier molecular flexibility index (Phi) is 6.18. The largest absolute Gasteiger partial charge is 0.455 e. The second-order valence-corrected chi connectivity index (χ2v) is 13.1. The number of rotatable bonds is 4. The highest BCUT2D eigenvalue weighted by atomic mass is 16.3. The van der Waals surface area contributed by atoms with Crippen molar-refractivity contribution in [2.24, 2.45) is 5.92 Å². The van der Waals surface area contributed by atoms with E-state index in [1.807, 2.05) is 12.1 Å². The molecule has 9 aromatic rings. The van der Waals surface area contributed by atoms with Crippen LogP contribution < -0.4 is 0 Å². The topological polar surface area (TPSA) is 43.9 Å². The van der Waals surface area contributed by atoms with E-state index in [2.05, 4.69) is 151 Å². The Hall–Kier alpha value is -6.26. The zero-order valence-corrected chi connectivity index (χ0v) is 27.0. The quantitative estimate of drug-likeness (QED) is 0.195. The molecule has 1 atom stereocenters. The summed E-state index contributed by atoms with van der Waals surface area (Å²) >= 11 is 0. The molecule has 10 rings (SSSR count). The molecule has 1 aliphatic rings. The monoisotopic (exact) mass is 629 g/mol. The van der Waals surface area contributed by atoms with Gasteiger partial charge in [-0.1, -0.05) is 128 Å². The first-order chi connectivity index (χ1) is 24.2. The van der Waals surface area contributed by atoms with E-state index in [0.29, 0.717) is 11.9 Å². The highest BCUT2D eigenvalue weighted by Crippen LogP contribution is 2.40. The van der Waals surface area contributed by atoms with Crippen molar-refractivity contribution in [3.05, 3.63) is 157 Å². The van der Waals surface area contributed by atoms with Crippen molar-refractivity contribution < 1.29 is 4.42 Å². The van der Waals surface area contributed by atoms with Crippen molar-refractivity contribution in [2.75, 3.05) is 0 Å². The Morgan fingerprint density at radius 1 is 0.592 bits per heavy atom. The van der Waals surface area contributed by atoms with Crippen LogP contribution in [0.4, 0.5) is 0 Å². The van der Waals surface area contributed by atoms with Gasteiger partial charge in [0.2, 0.25) is 5.95 Å². The lowest BCUT2D eigenvalue weighted by atomic mass is 9.90. The molecule has 0 spiro atoms. The van der Waals surface area contributed by atoms with Crippen LogP contribution in [-0.2, 0) is 6.42 Å². The predicted octanol–water partition coefficient (Wildman–Crippen LogP) is 11.7. The standard InChI is InChI=1S/C45H31N3O/c1-28-18-24-39-38(26-28)43(31-21-19-30(20-22-31)29-10-3-2-4-11-29)47-45(46-39)48-40-16-7-5-12-34(40)37-27-32(23-25-41(37)48)33-14-9-15-36-35-13-6-8-17-42(35)49-44(33)36/h2-25,27-28H,26H2,1H3. The van der Waals surface area contributed by atoms with Crippen molar-refractivity contribution in [3.8, 4) is 39.5 Å². The zero-order chi connectivity index (χ0) is 32.5. The SMILES string of the molecule is CC1C=Cc2nc(-n3c4ccccc4c4cc(-c5cccc6c5oc5ccccc56)ccc43)nc(-c3ccc(-c4ccccc4)cc3)c2C1. The molecule has 0 fully saturated rings. The molecule has 0 saturated heterocycles. The molecule has 3 heterocycles. The van der Waals surface area contributed by atoms with Gasteiger partial charge >= 0.3 is 0 Å². The lowest BCUT2D eigenvalue weighted by Crippen LogP contribution is -2.12. The molecular weight excluding hydrogens is 599 g/mol. The minimum atomic E-state index is 0.423. The number of aromatic nitrogens is 3. The Bertz CT molecular complexity index is 2750. The van der Waals surface area contributed by atoms with Crippen molar-refractivity contribution >= 4 is 49.8 Å². The van der Waals surface area contributed by atoms with Crippen LogP contribution >= 0.6 is 0 Å². The molecule has 0 radical (unpaired) electrons. The van der Waals surface area contributed by atoms with E-state index in [9.17, 15) is 0 Å². The highest BCUT2D eigenvalue weighted by molar-refractivity contribution is 6.13. The maximum Gasteiger partial charge on any atom is 0.235 e. The zero-order valence-electron chi connectivity index (χ0n) is 27.0. The smallest absolute Gasteiger partial charge is 0.235 e. The maximum atomic E-state index is 6.43. The second-order valence-electron chi connectivity index (χ2n) is 13.1. The summed E-state index contributed by atoms with van der Waals surface area (Å²) in [4.78, 5) is 10.6. The summed E-state index contributed by atoms with van der Waals surface area (Å²) in [6, 6.07) is 49.3. The molecule has 3 aromatic heterocycles. The van der Waals surface area contributed by atoms with Gasteiger partial charge in [0.15, 0.2) is 0 Å². The number of fused-ring (bicyclic) bond motifs is 7. The van der Waals surface area contributed by atoms with E-state index in [4.69, 9.17) is 14.4 Å². The molecular formula is C45H31N3O. The van der Waals surface area contributed by atoms with Crippen LogP contribution in [0.3, 0.4) is 0 Å². The first-order valence-corrected chi connectivity index (χ1v) is 16.9. The van der Waals surface area contributed by atoms with Crippen molar-refractivity contribution in [2.45, 2.75) is 13.3 Å². The summed E-state index contributed by atoms with van der Waals surface area (Å²) in [5.74, 6) is 1.10. The first-order valence-electron chi connectivity index (χ1n) is 16.9. The van der Waals surface area contributed by atoms with Crippen molar-refractivity contribution in [1.29, 1.82) is 0 Å². The lowest BCUT2D eigenvalue weighted by Gasteiger charge is -2.20. The third-order valence-electron chi connectivity index (χ3n) is 9.99. The Balaban J connectivity index is 1.16. The molecule has 232 valence electrons. The summed E-state index contributed by atoms with van der Waals surface area (Å²) in [6.07, 6.45) is 5.35. The Labute approximate surface area is 283 Å². The average molecular weight is 630 g/mol. The molecule has 0 saturated carbocycles. The molecule has 4 heteroatoms. The fraction of sp³-hybridized carbons (Fsp3) is 0.0667. The minimum Gasteiger partial charge on any atom is -0.455 e. The van der Waals surface area contributed by atoms with Gasteiger partial charge in [0.25, 0.3) is 0 Å². The van der Waals surface area contributed by atoms with Crippen LogP contribution in [0.1, 0.15) is 18.2 Å². The normalized spacial score (nSPS) is 14.3. The van der Waals surface area contributed by atoms with E-state index in [1.165, 1.54) is 16.7 Å². The fourth-order valence-electron chi connectivity index (χ4n) is 7.59. The third-order valence-corrected chi connectivity index (χ3v) is 9.99. The molecule has 0 amide bonds. The Morgan fingerprint density at radius 2 is 1.29 bits per heavy atom. The summed E-state index contributed by atoms with van der Waals surface area (Å²) in [7, 11) is 0. The summed E-state index contributed by atoms with van der Waals surface area (Å²) in [5.41, 5.74) is 12.8. The van der Waals surface area contributed by atoms with Gasteiger partial charge in [-0.2, -0.15) is 0 Å². The molecule has 0 aliphatic heterocycles.